The molecule has 5 amide bonds. The number of benzene rings is 1. The summed E-state index contributed by atoms with van der Waals surface area (Å²) in [4.78, 5) is 65.2. The normalized spacial score (nSPS) is 22.5. The predicted molar refractivity (Wildman–Crippen MR) is 139 cm³/mol. The number of nitrogens with one attached hydrogen (secondary N) is 2. The fraction of sp³-hybridized carbons (Fsp3) is 0.481. The third-order valence-corrected chi connectivity index (χ3v) is 6.92. The van der Waals surface area contributed by atoms with E-state index in [0.29, 0.717) is 30.2 Å². The molecule has 0 unspecified atom stereocenters. The molecule has 12 nitrogen and oxygen atoms in total. The number of hydrogen-bond donors (Lipinski definition) is 2. The Bertz CT molecular complexity index is 1390. The molecule has 1 atom stereocenters. The van der Waals surface area contributed by atoms with E-state index in [0.717, 1.165) is 18.4 Å². The van der Waals surface area contributed by atoms with Gasteiger partial charge in [-0.2, -0.15) is 5.10 Å². The van der Waals surface area contributed by atoms with Gasteiger partial charge in [-0.05, 0) is 52.2 Å². The number of amides is 5. The topological polar surface area (TPSA) is 143 Å². The summed E-state index contributed by atoms with van der Waals surface area (Å²) in [7, 11) is 0. The fourth-order valence-corrected chi connectivity index (χ4v) is 5.00. The van der Waals surface area contributed by atoms with Crippen LogP contribution in [0.2, 0.25) is 0 Å². The van der Waals surface area contributed by atoms with Crippen molar-refractivity contribution in [1.29, 1.82) is 0 Å². The highest BCUT2D eigenvalue weighted by atomic mass is 16.6. The Morgan fingerprint density at radius 2 is 1.90 bits per heavy atom. The Morgan fingerprint density at radius 3 is 2.59 bits per heavy atom. The monoisotopic (exact) mass is 537 g/mol. The summed E-state index contributed by atoms with van der Waals surface area (Å²) in [6.45, 7) is 6.98. The van der Waals surface area contributed by atoms with Crippen molar-refractivity contribution >= 4 is 35.4 Å². The Kier molecular flexibility index (Phi) is 6.53. The van der Waals surface area contributed by atoms with E-state index < -0.39 is 35.2 Å². The van der Waals surface area contributed by atoms with Gasteiger partial charge in [0.2, 0.25) is 11.8 Å². The predicted octanol–water partition coefficient (Wildman–Crippen LogP) is 2.47. The summed E-state index contributed by atoms with van der Waals surface area (Å²) in [6, 6.07) is 2.70. The molecule has 0 aliphatic carbocycles. The fourth-order valence-electron chi connectivity index (χ4n) is 5.00. The summed E-state index contributed by atoms with van der Waals surface area (Å²) in [5.74, 6) is -3.03. The first-order chi connectivity index (χ1) is 18.9. The van der Waals surface area contributed by atoms with Crippen LogP contribution in [0.3, 0.4) is 0 Å². The van der Waals surface area contributed by atoms with Crippen LogP contribution in [-0.4, -0.2) is 74.0 Å². The minimum absolute atomic E-state index is 0.0886. The van der Waals surface area contributed by atoms with E-state index in [-0.39, 0.29) is 36.1 Å². The molecule has 3 aliphatic rings. The lowest BCUT2D eigenvalue weighted by Crippen LogP contribution is -2.54. The van der Waals surface area contributed by atoms with Gasteiger partial charge in [0.25, 0.3) is 11.8 Å². The first-order valence-corrected chi connectivity index (χ1v) is 13.0. The lowest BCUT2D eigenvalue weighted by atomic mass is 10.0. The van der Waals surface area contributed by atoms with Crippen molar-refractivity contribution in [3.63, 3.8) is 0 Å². The lowest BCUT2D eigenvalue weighted by Gasteiger charge is -2.33. The highest BCUT2D eigenvalue weighted by Crippen LogP contribution is 2.33. The summed E-state index contributed by atoms with van der Waals surface area (Å²) in [6.07, 6.45) is 4.39. The second-order valence-electron chi connectivity index (χ2n) is 10.9. The maximum absolute atomic E-state index is 13.4. The third kappa shape index (κ3) is 5.36. The van der Waals surface area contributed by atoms with Crippen molar-refractivity contribution in [3.05, 3.63) is 47.3 Å². The van der Waals surface area contributed by atoms with Gasteiger partial charge < -0.3 is 15.0 Å². The standard InChI is InChI=1S/C27H32N6O6/c1-27(2,3)39-26(38)31-11-9-17(10-12-31)32-15-16(14-29-32)13-28-19-6-4-5-18-22(19)25(37)33(24(18)36)20-7-8-21(34)30-23(20)35/h4-6,14-15,17,20,28H,7-13H2,1-3H3,(H,30,34,35)/t20-/m1/s1/i20D. The minimum Gasteiger partial charge on any atom is -0.444 e. The number of imide groups is 2. The molecule has 3 aliphatic heterocycles. The number of likely N-dealkylation sites (tertiary alicyclic amines) is 1. The highest BCUT2D eigenvalue weighted by molar-refractivity contribution is 6.25. The number of carbonyl (C=O) groups is 5. The van der Waals surface area contributed by atoms with Crippen LogP contribution < -0.4 is 10.6 Å². The Balaban J connectivity index is 1.24. The highest BCUT2D eigenvalue weighted by Gasteiger charge is 2.45. The Labute approximate surface area is 227 Å². The number of aromatic nitrogens is 2. The maximum Gasteiger partial charge on any atom is 0.410 e. The van der Waals surface area contributed by atoms with Crippen LogP contribution in [0.1, 0.15) is 80.1 Å². The molecule has 0 radical (unpaired) electrons. The van der Waals surface area contributed by atoms with Crippen molar-refractivity contribution in [2.75, 3.05) is 18.4 Å². The Morgan fingerprint density at radius 1 is 1.15 bits per heavy atom. The van der Waals surface area contributed by atoms with Crippen LogP contribution in [0.4, 0.5) is 10.5 Å². The molecule has 2 saturated heterocycles. The van der Waals surface area contributed by atoms with Crippen LogP contribution in [0.25, 0.3) is 0 Å². The van der Waals surface area contributed by atoms with Gasteiger partial charge in [0.1, 0.15) is 11.6 Å². The zero-order valence-corrected chi connectivity index (χ0v) is 22.2. The molecular formula is C27H32N6O6. The first-order valence-electron chi connectivity index (χ1n) is 13.5. The number of hydrogen-bond acceptors (Lipinski definition) is 8. The van der Waals surface area contributed by atoms with Gasteiger partial charge >= 0.3 is 6.09 Å². The number of nitrogens with zero attached hydrogens (tertiary/aromatic N) is 4. The molecule has 12 heteroatoms. The molecule has 1 aromatic heterocycles. The van der Waals surface area contributed by atoms with Crippen LogP contribution in [0.15, 0.2) is 30.6 Å². The van der Waals surface area contributed by atoms with Crippen LogP contribution >= 0.6 is 0 Å². The van der Waals surface area contributed by atoms with E-state index in [2.05, 4.69) is 15.7 Å². The molecule has 2 fully saturated rings. The minimum atomic E-state index is -2.20. The smallest absolute Gasteiger partial charge is 0.410 e. The molecule has 206 valence electrons. The zero-order chi connectivity index (χ0) is 28.8. The molecule has 5 rings (SSSR count). The van der Waals surface area contributed by atoms with Crippen molar-refractivity contribution < 1.29 is 30.1 Å². The SMILES string of the molecule is [2H][C@@]1(N2C(=O)c3cccc(NCc4cnn(C5CCN(C(=O)OC(C)(C)C)CC5)c4)c3C2=O)CCC(=O)NC1=O. The summed E-state index contributed by atoms with van der Waals surface area (Å²) < 4.78 is 15.9. The largest absolute Gasteiger partial charge is 0.444 e. The van der Waals surface area contributed by atoms with Gasteiger partial charge in [-0.15, -0.1) is 0 Å². The van der Waals surface area contributed by atoms with E-state index in [1.807, 2.05) is 31.6 Å². The summed E-state index contributed by atoms with van der Waals surface area (Å²) in [5, 5.41) is 9.74. The third-order valence-electron chi connectivity index (χ3n) is 6.92. The number of ether oxygens (including phenoxy) is 1. The van der Waals surface area contributed by atoms with Crippen LogP contribution in [0.5, 0.6) is 0 Å². The van der Waals surface area contributed by atoms with Crippen LogP contribution in [-0.2, 0) is 20.9 Å². The van der Waals surface area contributed by atoms with Gasteiger partial charge in [0.05, 0.1) is 24.7 Å². The van der Waals surface area contributed by atoms with Gasteiger partial charge in [-0.25, -0.2) is 4.79 Å². The maximum atomic E-state index is 13.4. The molecular weight excluding hydrogens is 504 g/mol. The van der Waals surface area contributed by atoms with Crippen molar-refractivity contribution in [2.45, 2.75) is 70.7 Å². The molecule has 39 heavy (non-hydrogen) atoms. The first kappa shape index (κ1) is 25.1. The van der Waals surface area contributed by atoms with Gasteiger partial charge in [-0.3, -0.25) is 34.1 Å². The number of rotatable bonds is 5. The average Bonchev–Trinajstić information content (AvgIpc) is 3.47. The van der Waals surface area contributed by atoms with E-state index in [4.69, 9.17) is 6.11 Å². The summed E-state index contributed by atoms with van der Waals surface area (Å²) >= 11 is 0. The van der Waals surface area contributed by atoms with Crippen molar-refractivity contribution in [1.82, 2.24) is 24.9 Å². The van der Waals surface area contributed by atoms with Gasteiger partial charge in [-0.1, -0.05) is 6.07 Å². The second kappa shape index (κ2) is 10.2. The second-order valence-corrected chi connectivity index (χ2v) is 10.9. The molecule has 2 aromatic rings. The van der Waals surface area contributed by atoms with Crippen molar-refractivity contribution in [2.24, 2.45) is 0 Å². The molecule has 0 spiro atoms. The van der Waals surface area contributed by atoms with Crippen LogP contribution in [0, 0.1) is 0 Å². The quantitative estimate of drug-likeness (QED) is 0.554. The molecule has 0 bridgehead atoms. The van der Waals surface area contributed by atoms with Crippen molar-refractivity contribution in [3.8, 4) is 0 Å². The number of fused-ring (bicyclic) bond motifs is 1. The average molecular weight is 538 g/mol. The molecule has 4 heterocycles. The van der Waals surface area contributed by atoms with E-state index in [9.17, 15) is 24.0 Å². The van der Waals surface area contributed by atoms with E-state index in [1.54, 1.807) is 23.2 Å². The number of anilines is 1. The molecule has 1 aromatic carbocycles. The lowest BCUT2D eigenvalue weighted by molar-refractivity contribution is -0.136. The zero-order valence-electron chi connectivity index (χ0n) is 23.2. The van der Waals surface area contributed by atoms with E-state index >= 15 is 0 Å². The van der Waals surface area contributed by atoms with E-state index in [1.165, 1.54) is 6.07 Å². The number of carbonyl (C=O) groups excluding carboxylic acids is 5. The Hall–Kier alpha value is -4.22. The van der Waals surface area contributed by atoms with Gasteiger partial charge in [0, 0.05) is 43.5 Å². The number of piperidine rings is 2. The summed E-state index contributed by atoms with van der Waals surface area (Å²) in [5.41, 5.74) is 0.889. The molecule has 2 N–H and O–H groups in total. The van der Waals surface area contributed by atoms with Gasteiger partial charge in [0.15, 0.2) is 0 Å². The molecule has 0 saturated carbocycles.